The normalized spacial score (nSPS) is 14.8. The molecule has 2 aromatic carbocycles. The fraction of sp³-hybridized carbons (Fsp3) is 0.190. The number of rotatable bonds is 5. The molecule has 130 valence electrons. The molecule has 0 atom stereocenters. The first-order valence-electron chi connectivity index (χ1n) is 8.60. The standard InChI is InChI=1S/C21H19N3O2/c25-21(26)19-4-2-1-3-18(19)16-7-5-15(6-8-16)11-24-12-17(13-24)20-9-10-22-14-23-20/h1-10,14,17H,11-13H2,(H,25,26). The number of aromatic nitrogens is 2. The molecule has 0 amide bonds. The molecular formula is C21H19N3O2. The van der Waals surface area contributed by atoms with E-state index in [-0.39, 0.29) is 0 Å². The van der Waals surface area contributed by atoms with Crippen molar-refractivity contribution in [2.45, 2.75) is 12.5 Å². The molecule has 0 radical (unpaired) electrons. The predicted octanol–water partition coefficient (Wildman–Crippen LogP) is 3.44. The van der Waals surface area contributed by atoms with Gasteiger partial charge in [-0.1, -0.05) is 42.5 Å². The first-order chi connectivity index (χ1) is 12.7. The molecule has 0 bridgehead atoms. The van der Waals surface area contributed by atoms with E-state index in [1.54, 1.807) is 24.7 Å². The molecule has 2 heterocycles. The van der Waals surface area contributed by atoms with Gasteiger partial charge in [0.1, 0.15) is 6.33 Å². The third-order valence-electron chi connectivity index (χ3n) is 4.81. The minimum atomic E-state index is -0.902. The second-order valence-electron chi connectivity index (χ2n) is 6.57. The fourth-order valence-corrected chi connectivity index (χ4v) is 3.40. The Hall–Kier alpha value is -3.05. The van der Waals surface area contributed by atoms with Crippen molar-refractivity contribution in [2.75, 3.05) is 13.1 Å². The number of benzene rings is 2. The van der Waals surface area contributed by atoms with Gasteiger partial charge in [0.15, 0.2) is 0 Å². The summed E-state index contributed by atoms with van der Waals surface area (Å²) < 4.78 is 0. The van der Waals surface area contributed by atoms with Crippen molar-refractivity contribution in [3.63, 3.8) is 0 Å². The van der Waals surface area contributed by atoms with Crippen molar-refractivity contribution in [2.24, 2.45) is 0 Å². The zero-order chi connectivity index (χ0) is 17.9. The Morgan fingerprint density at radius 1 is 1.08 bits per heavy atom. The monoisotopic (exact) mass is 345 g/mol. The summed E-state index contributed by atoms with van der Waals surface area (Å²) in [6.07, 6.45) is 3.39. The van der Waals surface area contributed by atoms with Gasteiger partial charge in [-0.25, -0.2) is 14.8 Å². The lowest BCUT2D eigenvalue weighted by molar-refractivity contribution is 0.0697. The lowest BCUT2D eigenvalue weighted by atomic mass is 9.94. The number of carbonyl (C=O) groups is 1. The fourth-order valence-electron chi connectivity index (χ4n) is 3.40. The van der Waals surface area contributed by atoms with Crippen LogP contribution in [0.25, 0.3) is 11.1 Å². The van der Waals surface area contributed by atoms with Crippen molar-refractivity contribution in [1.82, 2.24) is 14.9 Å². The van der Waals surface area contributed by atoms with Gasteiger partial charge in [0.05, 0.1) is 5.56 Å². The Balaban J connectivity index is 1.41. The molecular weight excluding hydrogens is 326 g/mol. The van der Waals surface area contributed by atoms with Gasteiger partial charge >= 0.3 is 5.97 Å². The van der Waals surface area contributed by atoms with Crippen LogP contribution in [-0.2, 0) is 6.54 Å². The van der Waals surface area contributed by atoms with Gasteiger partial charge in [-0.2, -0.15) is 0 Å². The number of aromatic carboxylic acids is 1. The first-order valence-corrected chi connectivity index (χ1v) is 8.60. The summed E-state index contributed by atoms with van der Waals surface area (Å²) in [4.78, 5) is 22.1. The van der Waals surface area contributed by atoms with Gasteiger partial charge in [-0.3, -0.25) is 4.90 Å². The lowest BCUT2D eigenvalue weighted by Crippen LogP contribution is -2.44. The highest BCUT2D eigenvalue weighted by Crippen LogP contribution is 2.28. The molecule has 3 aromatic rings. The molecule has 1 aliphatic rings. The molecule has 0 aliphatic carbocycles. The molecule has 1 aliphatic heterocycles. The van der Waals surface area contributed by atoms with Crippen LogP contribution in [-0.4, -0.2) is 39.0 Å². The van der Waals surface area contributed by atoms with Crippen LogP contribution < -0.4 is 0 Å². The molecule has 4 rings (SSSR count). The van der Waals surface area contributed by atoms with Gasteiger partial charge in [0.2, 0.25) is 0 Å². The van der Waals surface area contributed by atoms with Crippen LogP contribution in [0.3, 0.4) is 0 Å². The van der Waals surface area contributed by atoms with E-state index in [0.29, 0.717) is 11.5 Å². The second kappa shape index (κ2) is 7.06. The number of carboxylic acid groups (broad SMARTS) is 1. The quantitative estimate of drug-likeness (QED) is 0.767. The Morgan fingerprint density at radius 3 is 2.54 bits per heavy atom. The van der Waals surface area contributed by atoms with Gasteiger partial charge in [-0.15, -0.1) is 0 Å². The topological polar surface area (TPSA) is 66.3 Å². The molecule has 1 fully saturated rings. The summed E-state index contributed by atoms with van der Waals surface area (Å²) in [5, 5.41) is 9.34. The third kappa shape index (κ3) is 3.34. The van der Waals surface area contributed by atoms with Crippen molar-refractivity contribution < 1.29 is 9.90 Å². The highest BCUT2D eigenvalue weighted by molar-refractivity contribution is 5.95. The van der Waals surface area contributed by atoms with E-state index in [4.69, 9.17) is 0 Å². The summed E-state index contributed by atoms with van der Waals surface area (Å²) in [6, 6.07) is 17.2. The molecule has 1 saturated heterocycles. The first kappa shape index (κ1) is 16.4. The van der Waals surface area contributed by atoms with Crippen molar-refractivity contribution >= 4 is 5.97 Å². The number of hydrogen-bond acceptors (Lipinski definition) is 4. The summed E-state index contributed by atoms with van der Waals surface area (Å²) >= 11 is 0. The van der Waals surface area contributed by atoms with E-state index in [1.165, 1.54) is 5.56 Å². The zero-order valence-electron chi connectivity index (χ0n) is 14.2. The summed E-state index contributed by atoms with van der Waals surface area (Å²) in [6.45, 7) is 2.89. The van der Waals surface area contributed by atoms with E-state index >= 15 is 0 Å². The number of likely N-dealkylation sites (tertiary alicyclic amines) is 1. The lowest BCUT2D eigenvalue weighted by Gasteiger charge is -2.38. The van der Waals surface area contributed by atoms with Crippen LogP contribution in [0.5, 0.6) is 0 Å². The maximum absolute atomic E-state index is 11.4. The van der Waals surface area contributed by atoms with Crippen LogP contribution in [0.2, 0.25) is 0 Å². The van der Waals surface area contributed by atoms with Crippen molar-refractivity contribution in [3.05, 3.63) is 83.9 Å². The average Bonchev–Trinajstić information content (AvgIpc) is 2.65. The third-order valence-corrected chi connectivity index (χ3v) is 4.81. The van der Waals surface area contributed by atoms with Crippen LogP contribution >= 0.6 is 0 Å². The van der Waals surface area contributed by atoms with Crippen LogP contribution in [0.4, 0.5) is 0 Å². The minimum absolute atomic E-state index is 0.329. The SMILES string of the molecule is O=C(O)c1ccccc1-c1ccc(CN2CC(c3ccncn3)C2)cc1. The summed E-state index contributed by atoms with van der Waals surface area (Å²) in [5.74, 6) is -0.416. The van der Waals surface area contributed by atoms with E-state index in [0.717, 1.165) is 36.5 Å². The van der Waals surface area contributed by atoms with E-state index < -0.39 is 5.97 Å². The van der Waals surface area contributed by atoms with Crippen LogP contribution in [0.15, 0.2) is 67.1 Å². The Morgan fingerprint density at radius 2 is 1.85 bits per heavy atom. The maximum Gasteiger partial charge on any atom is 0.336 e. The molecule has 0 spiro atoms. The largest absolute Gasteiger partial charge is 0.478 e. The molecule has 0 unspecified atom stereocenters. The average molecular weight is 345 g/mol. The molecule has 5 nitrogen and oxygen atoms in total. The molecule has 0 saturated carbocycles. The summed E-state index contributed by atoms with van der Waals surface area (Å²) in [7, 11) is 0. The second-order valence-corrected chi connectivity index (χ2v) is 6.57. The summed E-state index contributed by atoms with van der Waals surface area (Å²) in [5.41, 5.74) is 4.34. The van der Waals surface area contributed by atoms with Gasteiger partial charge in [-0.05, 0) is 28.8 Å². The highest BCUT2D eigenvalue weighted by atomic mass is 16.4. The maximum atomic E-state index is 11.4. The zero-order valence-corrected chi connectivity index (χ0v) is 14.2. The van der Waals surface area contributed by atoms with Gasteiger partial charge < -0.3 is 5.11 Å². The van der Waals surface area contributed by atoms with Crippen molar-refractivity contribution in [3.8, 4) is 11.1 Å². The highest BCUT2D eigenvalue weighted by Gasteiger charge is 2.28. The minimum Gasteiger partial charge on any atom is -0.478 e. The predicted molar refractivity (Wildman–Crippen MR) is 98.9 cm³/mol. The Labute approximate surface area is 152 Å². The number of hydrogen-bond donors (Lipinski definition) is 1. The van der Waals surface area contributed by atoms with E-state index in [2.05, 4.69) is 27.0 Å². The number of nitrogens with zero attached hydrogens (tertiary/aromatic N) is 3. The molecule has 5 heteroatoms. The number of carboxylic acids is 1. The van der Waals surface area contributed by atoms with E-state index in [1.807, 2.05) is 30.3 Å². The molecule has 26 heavy (non-hydrogen) atoms. The Kier molecular flexibility index (Phi) is 4.46. The smallest absolute Gasteiger partial charge is 0.336 e. The van der Waals surface area contributed by atoms with Crippen LogP contribution in [0, 0.1) is 0 Å². The van der Waals surface area contributed by atoms with Gasteiger partial charge in [0, 0.05) is 37.4 Å². The molecule has 1 aromatic heterocycles. The van der Waals surface area contributed by atoms with Gasteiger partial charge in [0.25, 0.3) is 0 Å². The molecule has 1 N–H and O–H groups in total. The van der Waals surface area contributed by atoms with E-state index in [9.17, 15) is 9.90 Å². The Bertz CT molecular complexity index is 904. The van der Waals surface area contributed by atoms with Crippen LogP contribution in [0.1, 0.15) is 27.5 Å². The van der Waals surface area contributed by atoms with Crippen molar-refractivity contribution in [1.29, 1.82) is 0 Å².